The average Bonchev–Trinajstić information content (AvgIpc) is 2.33. The molecule has 17 heavy (non-hydrogen) atoms. The van der Waals surface area contributed by atoms with Crippen molar-refractivity contribution in [3.8, 4) is 0 Å². The van der Waals surface area contributed by atoms with Crippen molar-refractivity contribution in [2.45, 2.75) is 51.9 Å². The molecule has 0 saturated carbocycles. The number of allylic oxidation sites excluding steroid dienone is 1. The summed E-state index contributed by atoms with van der Waals surface area (Å²) in [7, 11) is 2.23. The highest BCUT2D eigenvalue weighted by Gasteiger charge is 1.97. The number of rotatable bonds is 13. The molecule has 0 bridgehead atoms. The molecule has 1 N–H and O–H groups in total. The summed E-state index contributed by atoms with van der Waals surface area (Å²) in [4.78, 5) is 2.44. The number of nitrogens with one attached hydrogen (secondary N) is 1. The fourth-order valence-corrected chi connectivity index (χ4v) is 1.90. The molecule has 2 nitrogen and oxygen atoms in total. The van der Waals surface area contributed by atoms with Crippen LogP contribution in [0.4, 0.5) is 0 Å². The molecular formula is C15H32N2. The van der Waals surface area contributed by atoms with E-state index in [4.69, 9.17) is 0 Å². The maximum Gasteiger partial charge on any atom is -0.00188 e. The van der Waals surface area contributed by atoms with Gasteiger partial charge in [-0.25, -0.2) is 0 Å². The topological polar surface area (TPSA) is 15.3 Å². The van der Waals surface area contributed by atoms with E-state index in [0.29, 0.717) is 0 Å². The lowest BCUT2D eigenvalue weighted by molar-refractivity contribution is 0.320. The molecule has 0 rings (SSSR count). The van der Waals surface area contributed by atoms with Crippen LogP contribution >= 0.6 is 0 Å². The second kappa shape index (κ2) is 13.7. The number of hydrogen-bond donors (Lipinski definition) is 1. The van der Waals surface area contributed by atoms with E-state index >= 15 is 0 Å². The molecule has 0 saturated heterocycles. The summed E-state index contributed by atoms with van der Waals surface area (Å²) < 4.78 is 0. The minimum atomic E-state index is 1.15. The quantitative estimate of drug-likeness (QED) is 0.392. The van der Waals surface area contributed by atoms with Gasteiger partial charge in [-0.3, -0.25) is 0 Å². The predicted octanol–water partition coefficient (Wildman–Crippen LogP) is 3.44. The molecule has 0 atom stereocenters. The van der Waals surface area contributed by atoms with E-state index in [1.165, 1.54) is 64.7 Å². The zero-order chi connectivity index (χ0) is 12.8. The monoisotopic (exact) mass is 240 g/mol. The summed E-state index contributed by atoms with van der Waals surface area (Å²) in [6.45, 7) is 10.8. The molecule has 0 aliphatic rings. The standard InChI is InChI=1S/C15H32N2/c1-4-6-10-14-17(3)15-11-8-7-9-13-16-12-5-2/h4,16H,1,5-15H2,2-3H3. The van der Waals surface area contributed by atoms with E-state index in [-0.39, 0.29) is 0 Å². The van der Waals surface area contributed by atoms with Gasteiger partial charge in [0.05, 0.1) is 0 Å². The van der Waals surface area contributed by atoms with Crippen LogP contribution in [-0.4, -0.2) is 38.1 Å². The highest BCUT2D eigenvalue weighted by molar-refractivity contribution is 4.66. The third-order valence-electron chi connectivity index (χ3n) is 3.02. The van der Waals surface area contributed by atoms with Crippen LogP contribution < -0.4 is 5.32 Å². The lowest BCUT2D eigenvalue weighted by Gasteiger charge is -2.15. The molecule has 0 unspecified atom stereocenters. The van der Waals surface area contributed by atoms with Crippen LogP contribution in [0.2, 0.25) is 0 Å². The first-order chi connectivity index (χ1) is 8.31. The molecule has 0 aliphatic carbocycles. The van der Waals surface area contributed by atoms with Gasteiger partial charge in [-0.05, 0) is 65.3 Å². The largest absolute Gasteiger partial charge is 0.317 e. The Balaban J connectivity index is 3.08. The van der Waals surface area contributed by atoms with Gasteiger partial charge in [0.2, 0.25) is 0 Å². The second-order valence-corrected chi connectivity index (χ2v) is 4.90. The summed E-state index contributed by atoms with van der Waals surface area (Å²) in [5.41, 5.74) is 0. The lowest BCUT2D eigenvalue weighted by Crippen LogP contribution is -2.21. The zero-order valence-electron chi connectivity index (χ0n) is 12.0. The van der Waals surface area contributed by atoms with Gasteiger partial charge in [-0.15, -0.1) is 6.58 Å². The van der Waals surface area contributed by atoms with Crippen molar-refractivity contribution in [3.05, 3.63) is 12.7 Å². The molecule has 0 aromatic rings. The van der Waals surface area contributed by atoms with Crippen LogP contribution in [0.1, 0.15) is 51.9 Å². The Morgan fingerprint density at radius 1 is 1.00 bits per heavy atom. The van der Waals surface area contributed by atoms with Crippen LogP contribution in [0.15, 0.2) is 12.7 Å². The first-order valence-electron chi connectivity index (χ1n) is 7.31. The van der Waals surface area contributed by atoms with Crippen LogP contribution in [-0.2, 0) is 0 Å². The van der Waals surface area contributed by atoms with E-state index in [9.17, 15) is 0 Å². The maximum atomic E-state index is 3.75. The van der Waals surface area contributed by atoms with Gasteiger partial charge < -0.3 is 10.2 Å². The Bertz CT molecular complexity index is 157. The molecule has 0 heterocycles. The minimum Gasteiger partial charge on any atom is -0.317 e. The van der Waals surface area contributed by atoms with Crippen molar-refractivity contribution in [1.29, 1.82) is 0 Å². The van der Waals surface area contributed by atoms with Gasteiger partial charge in [0.25, 0.3) is 0 Å². The summed E-state index contributed by atoms with van der Waals surface area (Å²) in [6.07, 6.45) is 11.1. The van der Waals surface area contributed by atoms with Crippen molar-refractivity contribution in [1.82, 2.24) is 10.2 Å². The summed E-state index contributed by atoms with van der Waals surface area (Å²) in [6, 6.07) is 0. The molecule has 0 fully saturated rings. The number of nitrogens with zero attached hydrogens (tertiary/aromatic N) is 1. The van der Waals surface area contributed by atoms with Crippen LogP contribution in [0.25, 0.3) is 0 Å². The molecular weight excluding hydrogens is 208 g/mol. The maximum absolute atomic E-state index is 3.75. The first-order valence-corrected chi connectivity index (χ1v) is 7.31. The van der Waals surface area contributed by atoms with Crippen LogP contribution in [0, 0.1) is 0 Å². The Kier molecular flexibility index (Phi) is 13.4. The normalized spacial score (nSPS) is 11.0. The molecule has 0 aromatic carbocycles. The van der Waals surface area contributed by atoms with Gasteiger partial charge in [0.15, 0.2) is 0 Å². The average molecular weight is 240 g/mol. The summed E-state index contributed by atoms with van der Waals surface area (Å²) in [5, 5.41) is 3.45. The van der Waals surface area contributed by atoms with Crippen molar-refractivity contribution in [2.24, 2.45) is 0 Å². The van der Waals surface area contributed by atoms with Crippen molar-refractivity contribution in [2.75, 3.05) is 33.2 Å². The molecule has 102 valence electrons. The van der Waals surface area contributed by atoms with E-state index < -0.39 is 0 Å². The molecule has 0 amide bonds. The van der Waals surface area contributed by atoms with Crippen LogP contribution in [0.3, 0.4) is 0 Å². The Hall–Kier alpha value is -0.340. The van der Waals surface area contributed by atoms with E-state index in [1.54, 1.807) is 0 Å². The van der Waals surface area contributed by atoms with Gasteiger partial charge in [0, 0.05) is 0 Å². The molecule has 0 aliphatic heterocycles. The third-order valence-corrected chi connectivity index (χ3v) is 3.02. The second-order valence-electron chi connectivity index (χ2n) is 4.90. The number of unbranched alkanes of at least 4 members (excludes halogenated alkanes) is 4. The van der Waals surface area contributed by atoms with Gasteiger partial charge in [-0.1, -0.05) is 25.8 Å². The fraction of sp³-hybridized carbons (Fsp3) is 0.867. The number of hydrogen-bond acceptors (Lipinski definition) is 2. The van der Waals surface area contributed by atoms with E-state index in [0.717, 1.165) is 6.42 Å². The molecule has 0 radical (unpaired) electrons. The summed E-state index contributed by atoms with van der Waals surface area (Å²) >= 11 is 0. The summed E-state index contributed by atoms with van der Waals surface area (Å²) in [5.74, 6) is 0. The van der Waals surface area contributed by atoms with E-state index in [1.807, 2.05) is 6.08 Å². The third kappa shape index (κ3) is 13.6. The van der Waals surface area contributed by atoms with Crippen molar-refractivity contribution < 1.29 is 0 Å². The molecule has 2 heteroatoms. The lowest BCUT2D eigenvalue weighted by atomic mass is 10.2. The van der Waals surface area contributed by atoms with Crippen molar-refractivity contribution >= 4 is 0 Å². The smallest absolute Gasteiger partial charge is 0.00188 e. The Labute approximate surface area is 108 Å². The fourth-order valence-electron chi connectivity index (χ4n) is 1.90. The molecule has 0 spiro atoms. The first kappa shape index (κ1) is 16.7. The van der Waals surface area contributed by atoms with Crippen LogP contribution in [0.5, 0.6) is 0 Å². The highest BCUT2D eigenvalue weighted by Crippen LogP contribution is 2.01. The highest BCUT2D eigenvalue weighted by atomic mass is 15.1. The van der Waals surface area contributed by atoms with Gasteiger partial charge in [0.1, 0.15) is 0 Å². The Morgan fingerprint density at radius 2 is 1.71 bits per heavy atom. The Morgan fingerprint density at radius 3 is 2.41 bits per heavy atom. The molecule has 0 aromatic heterocycles. The van der Waals surface area contributed by atoms with Crippen molar-refractivity contribution in [3.63, 3.8) is 0 Å². The van der Waals surface area contributed by atoms with Gasteiger partial charge >= 0.3 is 0 Å². The SMILES string of the molecule is C=CCCCN(C)CCCCCCNCCC. The minimum absolute atomic E-state index is 1.15. The van der Waals surface area contributed by atoms with Gasteiger partial charge in [-0.2, -0.15) is 0 Å². The zero-order valence-corrected chi connectivity index (χ0v) is 12.0. The predicted molar refractivity (Wildman–Crippen MR) is 78.6 cm³/mol. The van der Waals surface area contributed by atoms with E-state index in [2.05, 4.69) is 30.8 Å².